The highest BCUT2D eigenvalue weighted by Crippen LogP contribution is 2.30. The van der Waals surface area contributed by atoms with Gasteiger partial charge in [-0.15, -0.1) is 12.4 Å². The molecule has 0 radical (unpaired) electrons. The van der Waals surface area contributed by atoms with Crippen molar-refractivity contribution in [2.45, 2.75) is 24.5 Å². The van der Waals surface area contributed by atoms with Crippen LogP contribution in [-0.4, -0.2) is 49.3 Å². The van der Waals surface area contributed by atoms with Crippen molar-refractivity contribution >= 4 is 41.5 Å². The normalized spacial score (nSPS) is 23.5. The summed E-state index contributed by atoms with van der Waals surface area (Å²) < 4.78 is 11.1. The molecule has 0 aliphatic carbocycles. The van der Waals surface area contributed by atoms with Gasteiger partial charge in [-0.05, 0) is 30.5 Å². The van der Waals surface area contributed by atoms with Gasteiger partial charge in [0.1, 0.15) is 6.10 Å². The van der Waals surface area contributed by atoms with Crippen LogP contribution in [0.1, 0.15) is 24.5 Å². The lowest BCUT2D eigenvalue weighted by atomic mass is 9.89. The topological polar surface area (TPSA) is 64.8 Å². The molecule has 24 heavy (non-hydrogen) atoms. The third-order valence-electron chi connectivity index (χ3n) is 4.48. The zero-order valence-electron chi connectivity index (χ0n) is 13.2. The third-order valence-corrected chi connectivity index (χ3v) is 5.22. The van der Waals surface area contributed by atoms with Crippen LogP contribution in [0.5, 0.6) is 0 Å². The number of hydrogen-bond donors (Lipinski definition) is 1. The maximum Gasteiger partial charge on any atom is 0.243 e. The second-order valence-corrected chi connectivity index (χ2v) is 6.87. The summed E-state index contributed by atoms with van der Waals surface area (Å²) in [6.07, 6.45) is 0.896. The number of benzene rings is 1. The first kappa shape index (κ1) is 19.8. The highest BCUT2D eigenvalue weighted by molar-refractivity contribution is 6.42. The smallest absolute Gasteiger partial charge is 0.243 e. The van der Waals surface area contributed by atoms with Crippen LogP contribution in [0.15, 0.2) is 18.2 Å². The summed E-state index contributed by atoms with van der Waals surface area (Å²) in [6, 6.07) is 5.40. The van der Waals surface area contributed by atoms with Crippen molar-refractivity contribution < 1.29 is 14.3 Å². The first-order valence-corrected chi connectivity index (χ1v) is 8.48. The van der Waals surface area contributed by atoms with Crippen LogP contribution in [-0.2, 0) is 14.3 Å². The van der Waals surface area contributed by atoms with Gasteiger partial charge in [-0.2, -0.15) is 0 Å². The number of halogens is 3. The van der Waals surface area contributed by atoms with Gasteiger partial charge in [0.15, 0.2) is 0 Å². The van der Waals surface area contributed by atoms with E-state index in [0.29, 0.717) is 55.8 Å². The summed E-state index contributed by atoms with van der Waals surface area (Å²) in [5.41, 5.74) is 6.40. The van der Waals surface area contributed by atoms with Gasteiger partial charge in [0.25, 0.3) is 0 Å². The Labute approximate surface area is 157 Å². The predicted molar refractivity (Wildman–Crippen MR) is 96.0 cm³/mol. The standard InChI is InChI=1S/C16H20Cl2N2O3.ClH/c17-12-2-1-11(9-13(12)18)14-10-20(5-8-23-14)15(21)16(19)3-6-22-7-4-16;/h1-2,9,14H,3-8,10,19H2;1H. The third kappa shape index (κ3) is 4.15. The molecule has 5 nitrogen and oxygen atoms in total. The van der Waals surface area contributed by atoms with Crippen molar-refractivity contribution in [1.82, 2.24) is 4.90 Å². The van der Waals surface area contributed by atoms with Crippen LogP contribution in [0.3, 0.4) is 0 Å². The molecule has 0 bridgehead atoms. The van der Waals surface area contributed by atoms with Gasteiger partial charge in [-0.3, -0.25) is 4.79 Å². The van der Waals surface area contributed by atoms with Gasteiger partial charge >= 0.3 is 0 Å². The van der Waals surface area contributed by atoms with Gasteiger partial charge in [0, 0.05) is 19.8 Å². The van der Waals surface area contributed by atoms with Crippen molar-refractivity contribution in [2.24, 2.45) is 5.73 Å². The molecule has 2 heterocycles. The minimum absolute atomic E-state index is 0. The van der Waals surface area contributed by atoms with E-state index in [-0.39, 0.29) is 24.4 Å². The molecule has 1 atom stereocenters. The Bertz CT molecular complexity index is 594. The number of ether oxygens (including phenoxy) is 2. The molecule has 0 saturated carbocycles. The monoisotopic (exact) mass is 394 g/mol. The van der Waals surface area contributed by atoms with Crippen molar-refractivity contribution in [2.75, 3.05) is 32.9 Å². The lowest BCUT2D eigenvalue weighted by Gasteiger charge is -2.40. The number of carbonyl (C=O) groups excluding carboxylic acids is 1. The highest BCUT2D eigenvalue weighted by atomic mass is 35.5. The van der Waals surface area contributed by atoms with Crippen LogP contribution >= 0.6 is 35.6 Å². The van der Waals surface area contributed by atoms with E-state index in [2.05, 4.69) is 0 Å². The molecule has 1 unspecified atom stereocenters. The maximum atomic E-state index is 12.8. The van der Waals surface area contributed by atoms with Gasteiger partial charge in [-0.25, -0.2) is 0 Å². The van der Waals surface area contributed by atoms with E-state index in [1.807, 2.05) is 6.07 Å². The molecule has 2 N–H and O–H groups in total. The molecular formula is C16H21Cl3N2O3. The van der Waals surface area contributed by atoms with Crippen molar-refractivity contribution in [3.05, 3.63) is 33.8 Å². The summed E-state index contributed by atoms with van der Waals surface area (Å²) >= 11 is 12.0. The number of amides is 1. The minimum Gasteiger partial charge on any atom is -0.381 e. The summed E-state index contributed by atoms with van der Waals surface area (Å²) in [6.45, 7) is 2.56. The fraction of sp³-hybridized carbons (Fsp3) is 0.562. The molecule has 2 fully saturated rings. The van der Waals surface area contributed by atoms with Crippen LogP contribution in [0.2, 0.25) is 10.0 Å². The van der Waals surface area contributed by atoms with Crippen LogP contribution < -0.4 is 5.73 Å². The Balaban J connectivity index is 0.00000208. The van der Waals surface area contributed by atoms with Crippen LogP contribution in [0.25, 0.3) is 0 Å². The molecule has 2 aliphatic heterocycles. The Morgan fingerprint density at radius 3 is 2.58 bits per heavy atom. The van der Waals surface area contributed by atoms with Crippen molar-refractivity contribution in [3.8, 4) is 0 Å². The molecule has 134 valence electrons. The van der Waals surface area contributed by atoms with E-state index in [4.69, 9.17) is 38.4 Å². The van der Waals surface area contributed by atoms with E-state index >= 15 is 0 Å². The van der Waals surface area contributed by atoms with E-state index in [1.54, 1.807) is 17.0 Å². The number of rotatable bonds is 2. The van der Waals surface area contributed by atoms with E-state index in [9.17, 15) is 4.79 Å². The number of morpholine rings is 1. The molecule has 3 rings (SSSR count). The van der Waals surface area contributed by atoms with E-state index in [1.165, 1.54) is 0 Å². The SMILES string of the molecule is Cl.NC1(C(=O)N2CCOC(c3ccc(Cl)c(Cl)c3)C2)CCOCC1. The minimum atomic E-state index is -0.822. The Morgan fingerprint density at radius 1 is 1.21 bits per heavy atom. The van der Waals surface area contributed by atoms with Gasteiger partial charge < -0.3 is 20.1 Å². The zero-order chi connectivity index (χ0) is 16.4. The molecule has 0 spiro atoms. The fourth-order valence-corrected chi connectivity index (χ4v) is 3.32. The lowest BCUT2D eigenvalue weighted by Crippen LogP contribution is -2.60. The lowest BCUT2D eigenvalue weighted by molar-refractivity contribution is -0.148. The summed E-state index contributed by atoms with van der Waals surface area (Å²) in [5, 5.41) is 0.984. The largest absolute Gasteiger partial charge is 0.381 e. The second kappa shape index (κ2) is 8.21. The summed E-state index contributed by atoms with van der Waals surface area (Å²) in [5.74, 6) is -0.0193. The maximum absolute atomic E-state index is 12.8. The molecule has 8 heteroatoms. The average molecular weight is 396 g/mol. The fourth-order valence-electron chi connectivity index (χ4n) is 3.01. The Hall–Kier alpha value is -0.560. The zero-order valence-corrected chi connectivity index (χ0v) is 15.5. The second-order valence-electron chi connectivity index (χ2n) is 6.05. The van der Waals surface area contributed by atoms with Crippen LogP contribution in [0.4, 0.5) is 0 Å². The molecule has 2 saturated heterocycles. The van der Waals surface area contributed by atoms with E-state index < -0.39 is 5.54 Å². The van der Waals surface area contributed by atoms with Gasteiger partial charge in [-0.1, -0.05) is 29.3 Å². The average Bonchev–Trinajstić information content (AvgIpc) is 2.57. The highest BCUT2D eigenvalue weighted by Gasteiger charge is 2.40. The van der Waals surface area contributed by atoms with Crippen LogP contribution in [0, 0.1) is 0 Å². The van der Waals surface area contributed by atoms with Crippen molar-refractivity contribution in [3.63, 3.8) is 0 Å². The Kier molecular flexibility index (Phi) is 6.76. The summed E-state index contributed by atoms with van der Waals surface area (Å²) in [4.78, 5) is 14.6. The van der Waals surface area contributed by atoms with Gasteiger partial charge in [0.2, 0.25) is 5.91 Å². The first-order chi connectivity index (χ1) is 11.0. The quantitative estimate of drug-likeness (QED) is 0.836. The molecular weight excluding hydrogens is 375 g/mol. The number of hydrogen-bond acceptors (Lipinski definition) is 4. The van der Waals surface area contributed by atoms with E-state index in [0.717, 1.165) is 5.56 Å². The predicted octanol–water partition coefficient (Wildman–Crippen LogP) is 2.82. The molecule has 0 aromatic heterocycles. The summed E-state index contributed by atoms with van der Waals surface area (Å²) in [7, 11) is 0. The van der Waals surface area contributed by atoms with Crippen molar-refractivity contribution in [1.29, 1.82) is 0 Å². The number of carbonyl (C=O) groups is 1. The number of nitrogens with zero attached hydrogens (tertiary/aromatic N) is 1. The molecule has 1 aromatic rings. The van der Waals surface area contributed by atoms with Gasteiger partial charge in [0.05, 0.1) is 28.7 Å². The molecule has 1 amide bonds. The Morgan fingerprint density at radius 2 is 1.92 bits per heavy atom. The molecule has 2 aliphatic rings. The first-order valence-electron chi connectivity index (χ1n) is 7.72. The molecule has 1 aromatic carbocycles. The number of nitrogens with two attached hydrogens (primary N) is 1.